The van der Waals surface area contributed by atoms with Gasteiger partial charge in [-0.15, -0.1) is 0 Å². The Bertz CT molecular complexity index is 412. The Kier molecular flexibility index (Phi) is 3.60. The van der Waals surface area contributed by atoms with Crippen molar-refractivity contribution in [3.63, 3.8) is 0 Å². The van der Waals surface area contributed by atoms with Crippen molar-refractivity contribution in [1.82, 2.24) is 0 Å². The lowest BCUT2D eigenvalue weighted by Crippen LogP contribution is -2.06. The van der Waals surface area contributed by atoms with Gasteiger partial charge in [0.1, 0.15) is 6.07 Å². The second kappa shape index (κ2) is 4.93. The zero-order chi connectivity index (χ0) is 11.3. The first-order valence-corrected chi connectivity index (χ1v) is 4.22. The van der Waals surface area contributed by atoms with Gasteiger partial charge in [0, 0.05) is 18.7 Å². The number of anilines is 1. The van der Waals surface area contributed by atoms with E-state index in [1.54, 1.807) is 0 Å². The Morgan fingerprint density at radius 1 is 1.60 bits per heavy atom. The average molecular weight is 207 g/mol. The van der Waals surface area contributed by atoms with Crippen molar-refractivity contribution in [1.29, 1.82) is 5.26 Å². The molecule has 78 valence electrons. The van der Waals surface area contributed by atoms with Crippen LogP contribution in [0, 0.1) is 21.4 Å². The standard InChI is InChI=1S/C9H9N3O3/c10-6-7-5-8(12(14)15)1-2-9(7)11-3-4-13/h1-2,5,11,13H,3-4H2. The monoisotopic (exact) mass is 207 g/mol. The van der Waals surface area contributed by atoms with E-state index in [2.05, 4.69) is 5.32 Å². The van der Waals surface area contributed by atoms with E-state index >= 15 is 0 Å². The summed E-state index contributed by atoms with van der Waals surface area (Å²) in [7, 11) is 0. The lowest BCUT2D eigenvalue weighted by atomic mass is 10.1. The average Bonchev–Trinajstić information content (AvgIpc) is 2.25. The topological polar surface area (TPSA) is 99.2 Å². The SMILES string of the molecule is N#Cc1cc([N+](=O)[O-])ccc1NCCO. The van der Waals surface area contributed by atoms with E-state index in [0.717, 1.165) is 0 Å². The van der Waals surface area contributed by atoms with Gasteiger partial charge in [-0.3, -0.25) is 10.1 Å². The van der Waals surface area contributed by atoms with Crippen molar-refractivity contribution in [3.8, 4) is 6.07 Å². The molecule has 6 heteroatoms. The summed E-state index contributed by atoms with van der Waals surface area (Å²) >= 11 is 0. The lowest BCUT2D eigenvalue weighted by Gasteiger charge is -2.05. The summed E-state index contributed by atoms with van der Waals surface area (Å²) in [6.07, 6.45) is 0. The number of benzene rings is 1. The van der Waals surface area contributed by atoms with Gasteiger partial charge < -0.3 is 10.4 Å². The van der Waals surface area contributed by atoms with Crippen LogP contribution in [0.5, 0.6) is 0 Å². The Morgan fingerprint density at radius 2 is 2.33 bits per heavy atom. The summed E-state index contributed by atoms with van der Waals surface area (Å²) in [4.78, 5) is 9.87. The number of nitrogens with zero attached hydrogens (tertiary/aromatic N) is 2. The van der Waals surface area contributed by atoms with Gasteiger partial charge in [-0.25, -0.2) is 0 Å². The van der Waals surface area contributed by atoms with Gasteiger partial charge in [0.15, 0.2) is 0 Å². The molecule has 0 fully saturated rings. The maximum Gasteiger partial charge on any atom is 0.270 e. The molecule has 1 rings (SSSR count). The first kappa shape index (κ1) is 10.9. The van der Waals surface area contributed by atoms with Crippen LogP contribution < -0.4 is 5.32 Å². The predicted molar refractivity (Wildman–Crippen MR) is 53.4 cm³/mol. The van der Waals surface area contributed by atoms with Crippen molar-refractivity contribution >= 4 is 11.4 Å². The Morgan fingerprint density at radius 3 is 2.87 bits per heavy atom. The van der Waals surface area contributed by atoms with E-state index in [4.69, 9.17) is 10.4 Å². The van der Waals surface area contributed by atoms with Crippen LogP contribution in [0.1, 0.15) is 5.56 Å². The van der Waals surface area contributed by atoms with Gasteiger partial charge in [-0.2, -0.15) is 5.26 Å². The van der Waals surface area contributed by atoms with Crippen LogP contribution in [0.4, 0.5) is 11.4 Å². The first-order chi connectivity index (χ1) is 7.19. The molecular formula is C9H9N3O3. The molecule has 0 aliphatic carbocycles. The third kappa shape index (κ3) is 2.65. The molecule has 0 saturated carbocycles. The van der Waals surface area contributed by atoms with E-state index in [0.29, 0.717) is 12.2 Å². The largest absolute Gasteiger partial charge is 0.395 e. The van der Waals surface area contributed by atoms with Crippen molar-refractivity contribution in [2.24, 2.45) is 0 Å². The molecule has 0 spiro atoms. The summed E-state index contributed by atoms with van der Waals surface area (Å²) < 4.78 is 0. The van der Waals surface area contributed by atoms with E-state index in [9.17, 15) is 10.1 Å². The molecule has 0 radical (unpaired) electrons. The van der Waals surface area contributed by atoms with Crippen LogP contribution in [-0.2, 0) is 0 Å². The second-order valence-electron chi connectivity index (χ2n) is 2.75. The molecule has 0 atom stereocenters. The molecule has 0 saturated heterocycles. The number of hydrogen-bond acceptors (Lipinski definition) is 5. The van der Waals surface area contributed by atoms with Crippen LogP contribution in [0.3, 0.4) is 0 Å². The quantitative estimate of drug-likeness (QED) is 0.563. The van der Waals surface area contributed by atoms with Crippen molar-refractivity contribution < 1.29 is 10.0 Å². The van der Waals surface area contributed by atoms with E-state index in [-0.39, 0.29) is 17.9 Å². The normalized spacial score (nSPS) is 9.33. The zero-order valence-corrected chi connectivity index (χ0v) is 7.80. The van der Waals surface area contributed by atoms with Crippen molar-refractivity contribution in [3.05, 3.63) is 33.9 Å². The molecule has 0 unspecified atom stereocenters. The number of aliphatic hydroxyl groups excluding tert-OH is 1. The molecule has 0 bridgehead atoms. The number of rotatable bonds is 4. The number of non-ortho nitro benzene ring substituents is 1. The fraction of sp³-hybridized carbons (Fsp3) is 0.222. The third-order valence-electron chi connectivity index (χ3n) is 1.76. The number of nitro benzene ring substituents is 1. The van der Waals surface area contributed by atoms with Crippen molar-refractivity contribution in [2.45, 2.75) is 0 Å². The van der Waals surface area contributed by atoms with Crippen molar-refractivity contribution in [2.75, 3.05) is 18.5 Å². The smallest absolute Gasteiger partial charge is 0.270 e. The summed E-state index contributed by atoms with van der Waals surface area (Å²) in [5.74, 6) is 0. The molecule has 1 aromatic carbocycles. The maximum absolute atomic E-state index is 10.4. The summed E-state index contributed by atoms with van der Waals surface area (Å²) in [6.45, 7) is 0.231. The third-order valence-corrected chi connectivity index (χ3v) is 1.76. The molecule has 0 amide bonds. The van der Waals surface area contributed by atoms with Crippen LogP contribution in [0.15, 0.2) is 18.2 Å². The minimum absolute atomic E-state index is 0.0676. The van der Waals surface area contributed by atoms with Gasteiger partial charge in [0.2, 0.25) is 0 Å². The molecule has 0 heterocycles. The zero-order valence-electron chi connectivity index (χ0n) is 7.80. The van der Waals surface area contributed by atoms with E-state index in [1.807, 2.05) is 6.07 Å². The number of aliphatic hydroxyl groups is 1. The summed E-state index contributed by atoms with van der Waals surface area (Å²) in [6, 6.07) is 5.80. The van der Waals surface area contributed by atoms with Crippen LogP contribution in [0.25, 0.3) is 0 Å². The molecule has 0 aliphatic heterocycles. The number of nitrogens with one attached hydrogen (secondary N) is 1. The molecule has 6 nitrogen and oxygen atoms in total. The van der Waals surface area contributed by atoms with Crippen LogP contribution in [-0.4, -0.2) is 23.2 Å². The minimum Gasteiger partial charge on any atom is -0.395 e. The number of nitriles is 1. The maximum atomic E-state index is 10.4. The Balaban J connectivity index is 3.00. The number of hydrogen-bond donors (Lipinski definition) is 2. The minimum atomic E-state index is -0.559. The lowest BCUT2D eigenvalue weighted by molar-refractivity contribution is -0.384. The molecule has 2 N–H and O–H groups in total. The van der Waals surface area contributed by atoms with Gasteiger partial charge >= 0.3 is 0 Å². The molecule has 15 heavy (non-hydrogen) atoms. The van der Waals surface area contributed by atoms with Gasteiger partial charge in [0.25, 0.3) is 5.69 Å². The Labute approximate surface area is 85.9 Å². The predicted octanol–water partition coefficient (Wildman–Crippen LogP) is 0.871. The highest BCUT2D eigenvalue weighted by Gasteiger charge is 2.09. The van der Waals surface area contributed by atoms with Crippen LogP contribution in [0.2, 0.25) is 0 Å². The summed E-state index contributed by atoms with van der Waals surface area (Å²) in [5.41, 5.74) is 0.552. The highest BCUT2D eigenvalue weighted by molar-refractivity contribution is 5.61. The molecule has 0 aliphatic rings. The second-order valence-corrected chi connectivity index (χ2v) is 2.75. The van der Waals surface area contributed by atoms with Crippen LogP contribution >= 0.6 is 0 Å². The van der Waals surface area contributed by atoms with Gasteiger partial charge in [0.05, 0.1) is 22.8 Å². The van der Waals surface area contributed by atoms with Gasteiger partial charge in [-0.1, -0.05) is 0 Å². The molecule has 0 aromatic heterocycles. The fourth-order valence-electron chi connectivity index (χ4n) is 1.08. The van der Waals surface area contributed by atoms with Gasteiger partial charge in [-0.05, 0) is 6.07 Å². The first-order valence-electron chi connectivity index (χ1n) is 4.22. The highest BCUT2D eigenvalue weighted by Crippen LogP contribution is 2.20. The fourth-order valence-corrected chi connectivity index (χ4v) is 1.08. The Hall–Kier alpha value is -2.13. The number of nitro groups is 1. The molecular weight excluding hydrogens is 198 g/mol. The summed E-state index contributed by atoms with van der Waals surface area (Å²) in [5, 5.41) is 30.5. The van der Waals surface area contributed by atoms with E-state index in [1.165, 1.54) is 18.2 Å². The highest BCUT2D eigenvalue weighted by atomic mass is 16.6. The molecule has 1 aromatic rings. The van der Waals surface area contributed by atoms with E-state index < -0.39 is 4.92 Å².